The largest absolute Gasteiger partial charge is 0.356 e. The molecule has 0 atom stereocenters. The molecule has 4 heterocycles. The van der Waals surface area contributed by atoms with E-state index in [2.05, 4.69) is 33.2 Å². The summed E-state index contributed by atoms with van der Waals surface area (Å²) in [4.78, 5) is 21.9. The topological polar surface area (TPSA) is 53.7 Å². The number of nitrogens with zero attached hydrogens (tertiary/aromatic N) is 5. The summed E-state index contributed by atoms with van der Waals surface area (Å²) in [6, 6.07) is 12.3. The van der Waals surface area contributed by atoms with Crippen LogP contribution in [0.15, 0.2) is 36.4 Å². The minimum atomic E-state index is -0.386. The first-order valence-corrected chi connectivity index (χ1v) is 9.46. The van der Waals surface area contributed by atoms with Gasteiger partial charge in [0.25, 0.3) is 0 Å². The molecule has 27 heavy (non-hydrogen) atoms. The van der Waals surface area contributed by atoms with E-state index in [1.165, 1.54) is 5.56 Å². The lowest BCUT2D eigenvalue weighted by atomic mass is 9.73. The van der Waals surface area contributed by atoms with Crippen LogP contribution in [0.5, 0.6) is 0 Å². The average Bonchev–Trinajstić information content (AvgIpc) is 3.14. The number of likely N-dealkylation sites (N-methyl/N-ethyl adjacent to an activating group) is 1. The number of aromatic nitrogens is 3. The number of benzene rings is 1. The van der Waals surface area contributed by atoms with Gasteiger partial charge in [-0.05, 0) is 38.3 Å². The van der Waals surface area contributed by atoms with Crippen molar-refractivity contribution < 1.29 is 4.79 Å². The number of amides is 1. The van der Waals surface area contributed by atoms with Crippen LogP contribution in [0.2, 0.25) is 0 Å². The lowest BCUT2D eigenvalue weighted by Gasteiger charge is -2.39. The summed E-state index contributed by atoms with van der Waals surface area (Å²) in [5.74, 6) is 1.29. The summed E-state index contributed by atoms with van der Waals surface area (Å²) >= 11 is 0. The summed E-state index contributed by atoms with van der Waals surface area (Å²) in [5, 5.41) is 4.62. The van der Waals surface area contributed by atoms with E-state index < -0.39 is 0 Å². The van der Waals surface area contributed by atoms with Crippen LogP contribution in [-0.2, 0) is 10.2 Å². The number of aryl methyl sites for hydroxylation is 2. The predicted molar refractivity (Wildman–Crippen MR) is 105 cm³/mol. The Morgan fingerprint density at radius 1 is 1.04 bits per heavy atom. The molecule has 138 valence electrons. The Morgan fingerprint density at radius 2 is 1.78 bits per heavy atom. The maximum Gasteiger partial charge on any atom is 0.237 e. The molecule has 5 rings (SSSR count). The molecule has 1 aromatic carbocycles. The molecule has 0 aliphatic carbocycles. The van der Waals surface area contributed by atoms with Crippen molar-refractivity contribution in [1.29, 1.82) is 0 Å². The van der Waals surface area contributed by atoms with Crippen LogP contribution in [-0.4, -0.2) is 40.6 Å². The Labute approximate surface area is 158 Å². The molecule has 2 aliphatic heterocycles. The average molecular weight is 361 g/mol. The second kappa shape index (κ2) is 5.55. The summed E-state index contributed by atoms with van der Waals surface area (Å²) < 4.78 is 1.93. The molecule has 1 fully saturated rings. The van der Waals surface area contributed by atoms with Crippen LogP contribution in [0.25, 0.3) is 5.65 Å². The standard InChI is InChI=1S/C21H23N5O/c1-14-13-19(26-18(22-14)12-15(2)23-26)25-10-8-21(9-11-25)16-6-4-5-7-17(16)24(3)20(21)27/h4-7,12-13H,8-11H2,1-3H3. The maximum absolute atomic E-state index is 13.1. The summed E-state index contributed by atoms with van der Waals surface area (Å²) in [6.07, 6.45) is 1.63. The summed E-state index contributed by atoms with van der Waals surface area (Å²) in [6.45, 7) is 5.66. The summed E-state index contributed by atoms with van der Waals surface area (Å²) in [7, 11) is 1.89. The van der Waals surface area contributed by atoms with Gasteiger partial charge in [0, 0.05) is 43.7 Å². The predicted octanol–water partition coefficient (Wildman–Crippen LogP) is 2.86. The Balaban J connectivity index is 1.50. The Morgan fingerprint density at radius 3 is 2.56 bits per heavy atom. The molecular weight excluding hydrogens is 338 g/mol. The zero-order valence-electron chi connectivity index (χ0n) is 15.9. The Kier molecular flexibility index (Phi) is 3.35. The zero-order valence-corrected chi connectivity index (χ0v) is 15.9. The van der Waals surface area contributed by atoms with Crippen LogP contribution in [0.1, 0.15) is 29.8 Å². The first kappa shape index (κ1) is 16.3. The zero-order chi connectivity index (χ0) is 18.8. The fourth-order valence-electron chi connectivity index (χ4n) is 4.74. The van der Waals surface area contributed by atoms with Crippen LogP contribution in [0.4, 0.5) is 11.5 Å². The lowest BCUT2D eigenvalue weighted by molar-refractivity contribution is -0.123. The third kappa shape index (κ3) is 2.22. The van der Waals surface area contributed by atoms with Gasteiger partial charge < -0.3 is 9.80 Å². The van der Waals surface area contributed by atoms with E-state index in [4.69, 9.17) is 0 Å². The number of para-hydroxylation sites is 1. The van der Waals surface area contributed by atoms with Crippen molar-refractivity contribution >= 4 is 23.1 Å². The number of piperidine rings is 1. The van der Waals surface area contributed by atoms with Crippen LogP contribution >= 0.6 is 0 Å². The Hall–Kier alpha value is -2.89. The fourth-order valence-corrected chi connectivity index (χ4v) is 4.74. The third-order valence-corrected chi connectivity index (χ3v) is 6.09. The van der Waals surface area contributed by atoms with E-state index in [0.29, 0.717) is 0 Å². The van der Waals surface area contributed by atoms with E-state index in [0.717, 1.165) is 54.5 Å². The van der Waals surface area contributed by atoms with Gasteiger partial charge in [-0.25, -0.2) is 4.98 Å². The molecule has 6 nitrogen and oxygen atoms in total. The molecule has 1 spiro atoms. The second-order valence-electron chi connectivity index (χ2n) is 7.76. The number of fused-ring (bicyclic) bond motifs is 3. The van der Waals surface area contributed by atoms with Gasteiger partial charge in [-0.2, -0.15) is 9.61 Å². The monoisotopic (exact) mass is 361 g/mol. The molecule has 0 bridgehead atoms. The normalized spacial score (nSPS) is 18.6. The molecular formula is C21H23N5O. The van der Waals surface area contributed by atoms with Gasteiger partial charge in [0.2, 0.25) is 5.91 Å². The van der Waals surface area contributed by atoms with Crippen molar-refractivity contribution in [2.75, 3.05) is 29.9 Å². The molecule has 0 radical (unpaired) electrons. The molecule has 1 saturated heterocycles. The molecule has 3 aromatic rings. The van der Waals surface area contributed by atoms with Gasteiger partial charge >= 0.3 is 0 Å². The minimum absolute atomic E-state index is 0.231. The van der Waals surface area contributed by atoms with Gasteiger partial charge in [-0.15, -0.1) is 0 Å². The van der Waals surface area contributed by atoms with E-state index in [-0.39, 0.29) is 11.3 Å². The quantitative estimate of drug-likeness (QED) is 0.669. The molecule has 2 aromatic heterocycles. The van der Waals surface area contributed by atoms with E-state index in [9.17, 15) is 4.79 Å². The van der Waals surface area contributed by atoms with E-state index in [1.54, 1.807) is 0 Å². The molecule has 0 saturated carbocycles. The highest BCUT2D eigenvalue weighted by atomic mass is 16.2. The van der Waals surface area contributed by atoms with Gasteiger partial charge in [0.1, 0.15) is 5.82 Å². The number of hydrogen-bond acceptors (Lipinski definition) is 4. The first-order valence-electron chi connectivity index (χ1n) is 9.46. The Bertz CT molecular complexity index is 1060. The summed E-state index contributed by atoms with van der Waals surface area (Å²) in [5.41, 5.74) is 4.68. The molecule has 6 heteroatoms. The highest BCUT2D eigenvalue weighted by molar-refractivity contribution is 6.07. The lowest BCUT2D eigenvalue weighted by Crippen LogP contribution is -2.48. The van der Waals surface area contributed by atoms with Crippen molar-refractivity contribution in [3.05, 3.63) is 53.3 Å². The van der Waals surface area contributed by atoms with Gasteiger partial charge in [-0.1, -0.05) is 18.2 Å². The van der Waals surface area contributed by atoms with Crippen molar-refractivity contribution in [2.45, 2.75) is 32.1 Å². The van der Waals surface area contributed by atoms with Gasteiger partial charge in [0.15, 0.2) is 5.65 Å². The van der Waals surface area contributed by atoms with Crippen LogP contribution < -0.4 is 9.80 Å². The van der Waals surface area contributed by atoms with E-state index >= 15 is 0 Å². The molecule has 0 unspecified atom stereocenters. The van der Waals surface area contributed by atoms with Gasteiger partial charge in [-0.3, -0.25) is 4.79 Å². The number of carbonyl (C=O) groups is 1. The minimum Gasteiger partial charge on any atom is -0.356 e. The highest BCUT2D eigenvalue weighted by Crippen LogP contribution is 2.47. The molecule has 1 amide bonds. The van der Waals surface area contributed by atoms with Crippen LogP contribution in [0.3, 0.4) is 0 Å². The smallest absolute Gasteiger partial charge is 0.237 e. The molecule has 2 aliphatic rings. The number of carbonyl (C=O) groups excluding carboxylic acids is 1. The van der Waals surface area contributed by atoms with Crippen molar-refractivity contribution in [3.8, 4) is 0 Å². The number of anilines is 2. The first-order chi connectivity index (χ1) is 13.0. The van der Waals surface area contributed by atoms with Gasteiger partial charge in [0.05, 0.1) is 11.1 Å². The van der Waals surface area contributed by atoms with Crippen LogP contribution in [0, 0.1) is 13.8 Å². The SMILES string of the molecule is Cc1cc(N2CCC3(CC2)C(=O)N(C)c2ccccc23)n2nc(C)cc2n1. The number of rotatable bonds is 1. The van der Waals surface area contributed by atoms with Crippen molar-refractivity contribution in [2.24, 2.45) is 0 Å². The van der Waals surface area contributed by atoms with Crippen molar-refractivity contribution in [3.63, 3.8) is 0 Å². The van der Waals surface area contributed by atoms with E-state index in [1.807, 2.05) is 48.5 Å². The highest BCUT2D eigenvalue weighted by Gasteiger charge is 2.50. The van der Waals surface area contributed by atoms with Crippen molar-refractivity contribution in [1.82, 2.24) is 14.6 Å². The fraction of sp³-hybridized carbons (Fsp3) is 0.381. The molecule has 0 N–H and O–H groups in total. The number of hydrogen-bond donors (Lipinski definition) is 0. The third-order valence-electron chi connectivity index (χ3n) is 6.09. The second-order valence-corrected chi connectivity index (χ2v) is 7.76. The maximum atomic E-state index is 13.1.